The maximum atomic E-state index is 10.7. The molecule has 0 saturated carbocycles. The molecule has 0 aliphatic heterocycles. The fraction of sp³-hybridized carbons (Fsp3) is 0.533. The minimum absolute atomic E-state index is 0.285. The summed E-state index contributed by atoms with van der Waals surface area (Å²) < 4.78 is 0. The molecule has 0 saturated heterocycles. The van der Waals surface area contributed by atoms with Crippen molar-refractivity contribution in [3.05, 3.63) is 29.8 Å². The van der Waals surface area contributed by atoms with Crippen molar-refractivity contribution >= 4 is 41.9 Å². The molecule has 0 bridgehead atoms. The Morgan fingerprint density at radius 2 is 1.43 bits per heavy atom. The molecule has 0 unspecified atom stereocenters. The van der Waals surface area contributed by atoms with Crippen molar-refractivity contribution in [2.24, 2.45) is 0 Å². The molecule has 0 aromatic heterocycles. The van der Waals surface area contributed by atoms with Gasteiger partial charge < -0.3 is 0 Å². The fourth-order valence-corrected chi connectivity index (χ4v) is 4.68. The molecular formula is C15H23NO3Se2. The number of aliphatic hydroxyl groups excluding tert-OH is 2. The van der Waals surface area contributed by atoms with E-state index in [2.05, 4.69) is 4.90 Å². The number of hydrogen-bond donors (Lipinski definition) is 2. The number of aldehydes is 1. The summed E-state index contributed by atoms with van der Waals surface area (Å²) in [7, 11) is 0. The van der Waals surface area contributed by atoms with Crippen molar-refractivity contribution in [1.82, 2.24) is 0 Å². The van der Waals surface area contributed by atoms with E-state index in [-0.39, 0.29) is 13.2 Å². The van der Waals surface area contributed by atoms with Gasteiger partial charge in [0.25, 0.3) is 0 Å². The van der Waals surface area contributed by atoms with E-state index in [1.54, 1.807) is 0 Å². The topological polar surface area (TPSA) is 60.8 Å². The van der Waals surface area contributed by atoms with Crippen LogP contribution in [0, 0.1) is 0 Å². The zero-order chi connectivity index (χ0) is 15.3. The molecule has 2 N–H and O–H groups in total. The monoisotopic (exact) mass is 425 g/mol. The summed E-state index contributed by atoms with van der Waals surface area (Å²) in [6.07, 6.45) is 0.864. The summed E-state index contributed by atoms with van der Waals surface area (Å²) >= 11 is 0.984. The van der Waals surface area contributed by atoms with Gasteiger partial charge in [-0.2, -0.15) is 0 Å². The Kier molecular flexibility index (Phi) is 10.9. The molecule has 0 fully saturated rings. The minimum atomic E-state index is 0.285. The number of carbonyl (C=O) groups excluding carboxylic acids is 1. The predicted molar refractivity (Wildman–Crippen MR) is 89.0 cm³/mol. The van der Waals surface area contributed by atoms with Gasteiger partial charge in [0.15, 0.2) is 0 Å². The van der Waals surface area contributed by atoms with E-state index in [0.29, 0.717) is 35.5 Å². The van der Waals surface area contributed by atoms with E-state index >= 15 is 0 Å². The van der Waals surface area contributed by atoms with Crippen LogP contribution in [0.1, 0.15) is 10.4 Å². The molecular weight excluding hydrogens is 400 g/mol. The third-order valence-electron chi connectivity index (χ3n) is 2.88. The van der Waals surface area contributed by atoms with Crippen LogP contribution < -0.4 is 4.90 Å². The predicted octanol–water partition coefficient (Wildman–Crippen LogP) is 1.37. The Balaban J connectivity index is 2.53. The normalized spacial score (nSPS) is 10.6. The molecule has 0 atom stereocenters. The Bertz CT molecular complexity index is 375. The Hall–Kier alpha value is -0.351. The van der Waals surface area contributed by atoms with Crippen LogP contribution in [-0.2, 0) is 0 Å². The van der Waals surface area contributed by atoms with Gasteiger partial charge in [-0.3, -0.25) is 0 Å². The van der Waals surface area contributed by atoms with Crippen LogP contribution in [0.5, 0.6) is 0 Å². The number of benzene rings is 1. The van der Waals surface area contributed by atoms with Crippen LogP contribution in [0.25, 0.3) is 0 Å². The molecule has 4 nitrogen and oxygen atoms in total. The summed E-state index contributed by atoms with van der Waals surface area (Å²) in [6, 6.07) is 7.71. The first-order valence-corrected chi connectivity index (χ1v) is 11.8. The zero-order valence-electron chi connectivity index (χ0n) is 12.1. The first-order valence-electron chi connectivity index (χ1n) is 6.99. The average molecular weight is 423 g/mol. The van der Waals surface area contributed by atoms with Gasteiger partial charge in [-0.15, -0.1) is 0 Å². The number of rotatable bonds is 12. The summed E-state index contributed by atoms with van der Waals surface area (Å²) in [4.78, 5) is 13.1. The van der Waals surface area contributed by atoms with Gasteiger partial charge in [0, 0.05) is 0 Å². The molecule has 1 aromatic carbocycles. The van der Waals surface area contributed by atoms with Crippen LogP contribution in [-0.4, -0.2) is 72.7 Å². The standard InChI is InChI=1S/C15H23NO3Se2/c17-7-11-20-9-5-16(6-10-21-12-8-18)15-3-1-14(13-19)2-4-15/h1-4,13,17-18H,5-12H2. The molecule has 0 radical (unpaired) electrons. The number of aliphatic hydroxyl groups is 2. The van der Waals surface area contributed by atoms with Crippen molar-refractivity contribution in [1.29, 1.82) is 0 Å². The van der Waals surface area contributed by atoms with Crippen molar-refractivity contribution in [2.45, 2.75) is 21.3 Å². The molecule has 0 spiro atoms. The molecule has 0 heterocycles. The van der Waals surface area contributed by atoms with E-state index in [9.17, 15) is 4.79 Å². The quantitative estimate of drug-likeness (QED) is 0.303. The van der Waals surface area contributed by atoms with Gasteiger partial charge in [0.1, 0.15) is 0 Å². The molecule has 0 aliphatic carbocycles. The molecule has 6 heteroatoms. The van der Waals surface area contributed by atoms with Crippen LogP contribution in [0.3, 0.4) is 0 Å². The van der Waals surface area contributed by atoms with Crippen molar-refractivity contribution in [3.8, 4) is 0 Å². The van der Waals surface area contributed by atoms with Crippen molar-refractivity contribution in [2.75, 3.05) is 31.2 Å². The van der Waals surface area contributed by atoms with E-state index in [0.717, 1.165) is 46.3 Å². The van der Waals surface area contributed by atoms with Crippen molar-refractivity contribution in [3.63, 3.8) is 0 Å². The molecule has 0 aliphatic rings. The van der Waals surface area contributed by atoms with E-state index in [4.69, 9.17) is 10.2 Å². The molecule has 1 aromatic rings. The van der Waals surface area contributed by atoms with Gasteiger partial charge in [0.2, 0.25) is 0 Å². The van der Waals surface area contributed by atoms with Gasteiger partial charge in [0.05, 0.1) is 0 Å². The van der Waals surface area contributed by atoms with Crippen LogP contribution in [0.4, 0.5) is 5.69 Å². The first kappa shape index (κ1) is 18.7. The number of hydrogen-bond acceptors (Lipinski definition) is 4. The summed E-state index contributed by atoms with van der Waals surface area (Å²) in [5, 5.41) is 21.8. The second-order valence-electron chi connectivity index (χ2n) is 4.37. The second-order valence-corrected chi connectivity index (χ2v) is 9.51. The molecule has 21 heavy (non-hydrogen) atoms. The molecule has 118 valence electrons. The Morgan fingerprint density at radius 1 is 0.905 bits per heavy atom. The summed E-state index contributed by atoms with van der Waals surface area (Å²) in [6.45, 7) is 2.56. The SMILES string of the molecule is O=Cc1ccc(N(CC[Se]CCO)CC[Se]CCO)cc1. The van der Waals surface area contributed by atoms with Crippen LogP contribution in [0.15, 0.2) is 24.3 Å². The second kappa shape index (κ2) is 12.2. The third kappa shape index (κ3) is 8.01. The number of carbonyl (C=O) groups is 1. The van der Waals surface area contributed by atoms with E-state index < -0.39 is 0 Å². The average Bonchev–Trinajstić information content (AvgIpc) is 2.53. The van der Waals surface area contributed by atoms with Crippen LogP contribution >= 0.6 is 0 Å². The fourth-order valence-electron chi connectivity index (χ4n) is 1.82. The zero-order valence-corrected chi connectivity index (χ0v) is 15.5. The molecule has 0 amide bonds. The number of anilines is 1. The van der Waals surface area contributed by atoms with Crippen LogP contribution in [0.2, 0.25) is 21.3 Å². The summed E-state index contributed by atoms with van der Waals surface area (Å²) in [5.74, 6) is 0. The van der Waals surface area contributed by atoms with Gasteiger partial charge in [-0.05, 0) is 0 Å². The van der Waals surface area contributed by atoms with Gasteiger partial charge >= 0.3 is 139 Å². The third-order valence-corrected chi connectivity index (χ3v) is 6.83. The van der Waals surface area contributed by atoms with Crippen molar-refractivity contribution < 1.29 is 15.0 Å². The Labute approximate surface area is 139 Å². The van der Waals surface area contributed by atoms with Gasteiger partial charge in [-0.25, -0.2) is 0 Å². The summed E-state index contributed by atoms with van der Waals surface area (Å²) in [5.41, 5.74) is 1.85. The van der Waals surface area contributed by atoms with E-state index in [1.807, 2.05) is 24.3 Å². The van der Waals surface area contributed by atoms with E-state index in [1.165, 1.54) is 0 Å². The number of nitrogens with zero attached hydrogens (tertiary/aromatic N) is 1. The maximum absolute atomic E-state index is 10.7. The van der Waals surface area contributed by atoms with Gasteiger partial charge in [-0.1, -0.05) is 0 Å². The first-order chi connectivity index (χ1) is 10.3. The molecule has 1 rings (SSSR count). The Morgan fingerprint density at radius 3 is 1.86 bits per heavy atom.